The van der Waals surface area contributed by atoms with Gasteiger partial charge < -0.3 is 15.5 Å². The maximum absolute atomic E-state index is 13.7. The third-order valence-corrected chi connectivity index (χ3v) is 6.30. The highest BCUT2D eigenvalue weighted by molar-refractivity contribution is 6.48. The van der Waals surface area contributed by atoms with E-state index in [0.29, 0.717) is 29.8 Å². The van der Waals surface area contributed by atoms with Crippen LogP contribution < -0.4 is 10.6 Å². The van der Waals surface area contributed by atoms with Crippen LogP contribution in [0, 0.1) is 6.92 Å². The first kappa shape index (κ1) is 28.8. The van der Waals surface area contributed by atoms with Gasteiger partial charge in [0, 0.05) is 32.2 Å². The number of alkyl halides is 3. The van der Waals surface area contributed by atoms with Crippen molar-refractivity contribution in [3.05, 3.63) is 73.7 Å². The molecule has 1 unspecified atom stereocenters. The first-order valence-corrected chi connectivity index (χ1v) is 11.8. The Balaban J connectivity index is 2.14. The van der Waals surface area contributed by atoms with Gasteiger partial charge in [0.1, 0.15) is 0 Å². The molecule has 0 saturated heterocycles. The van der Waals surface area contributed by atoms with Gasteiger partial charge in [-0.15, -0.1) is 0 Å². The van der Waals surface area contributed by atoms with Gasteiger partial charge in [-0.05, 0) is 48.7 Å². The SMILES string of the molecule is CCNC(=O)N(C)CCNC(=O)c1ccc(/C=C/C(c2cc(Cl)c(Cl)c(Cl)c2)C(F)(F)F)cc1C. The van der Waals surface area contributed by atoms with E-state index in [1.54, 1.807) is 33.0 Å². The summed E-state index contributed by atoms with van der Waals surface area (Å²) in [5.41, 5.74) is 1.31. The second kappa shape index (κ2) is 12.5. The van der Waals surface area contributed by atoms with Crippen LogP contribution in [0.25, 0.3) is 6.08 Å². The van der Waals surface area contributed by atoms with Crippen LogP contribution in [-0.2, 0) is 0 Å². The molecule has 0 aromatic heterocycles. The van der Waals surface area contributed by atoms with Crippen molar-refractivity contribution in [1.82, 2.24) is 15.5 Å². The van der Waals surface area contributed by atoms with Crippen molar-refractivity contribution in [3.8, 4) is 0 Å². The van der Waals surface area contributed by atoms with Gasteiger partial charge in [-0.25, -0.2) is 4.79 Å². The van der Waals surface area contributed by atoms with Gasteiger partial charge in [0.15, 0.2) is 0 Å². The lowest BCUT2D eigenvalue weighted by atomic mass is 9.96. The molecule has 0 aliphatic rings. The van der Waals surface area contributed by atoms with Gasteiger partial charge >= 0.3 is 12.2 Å². The van der Waals surface area contributed by atoms with Crippen molar-refractivity contribution < 1.29 is 22.8 Å². The average Bonchev–Trinajstić information content (AvgIpc) is 2.76. The topological polar surface area (TPSA) is 61.4 Å². The highest BCUT2D eigenvalue weighted by Crippen LogP contribution is 2.41. The Morgan fingerprint density at radius 1 is 1.09 bits per heavy atom. The van der Waals surface area contributed by atoms with Crippen LogP contribution in [-0.4, -0.2) is 49.7 Å². The molecule has 0 saturated carbocycles. The Labute approximate surface area is 217 Å². The van der Waals surface area contributed by atoms with E-state index in [9.17, 15) is 22.8 Å². The summed E-state index contributed by atoms with van der Waals surface area (Å²) in [4.78, 5) is 25.6. The molecule has 0 bridgehead atoms. The number of carbonyl (C=O) groups is 2. The minimum absolute atomic E-state index is 0.0117. The molecule has 0 radical (unpaired) electrons. The van der Waals surface area contributed by atoms with E-state index in [4.69, 9.17) is 34.8 Å². The fraction of sp³-hybridized carbons (Fsp3) is 0.333. The lowest BCUT2D eigenvalue weighted by Crippen LogP contribution is -2.41. The van der Waals surface area contributed by atoms with Crippen molar-refractivity contribution in [2.24, 2.45) is 0 Å². The van der Waals surface area contributed by atoms with Crippen molar-refractivity contribution in [3.63, 3.8) is 0 Å². The van der Waals surface area contributed by atoms with Crippen molar-refractivity contribution in [2.75, 3.05) is 26.7 Å². The summed E-state index contributed by atoms with van der Waals surface area (Å²) in [6.07, 6.45) is -2.26. The molecular formula is C24H25Cl3F3N3O2. The van der Waals surface area contributed by atoms with E-state index in [-0.39, 0.29) is 39.1 Å². The van der Waals surface area contributed by atoms with E-state index in [1.807, 2.05) is 0 Å². The fourth-order valence-electron chi connectivity index (χ4n) is 3.24. The molecule has 0 aliphatic heterocycles. The number of nitrogens with one attached hydrogen (secondary N) is 2. The molecular weight excluding hydrogens is 526 g/mol. The molecule has 0 spiro atoms. The molecule has 1 atom stereocenters. The normalized spacial score (nSPS) is 12.5. The molecule has 2 rings (SSSR count). The Morgan fingerprint density at radius 3 is 2.26 bits per heavy atom. The first-order valence-electron chi connectivity index (χ1n) is 10.6. The van der Waals surface area contributed by atoms with E-state index in [1.165, 1.54) is 17.0 Å². The molecule has 35 heavy (non-hydrogen) atoms. The van der Waals surface area contributed by atoms with Crippen molar-refractivity contribution in [2.45, 2.75) is 25.9 Å². The molecule has 11 heteroatoms. The minimum atomic E-state index is -4.59. The lowest BCUT2D eigenvalue weighted by Gasteiger charge is -2.18. The highest BCUT2D eigenvalue weighted by Gasteiger charge is 2.39. The zero-order valence-corrected chi connectivity index (χ0v) is 21.5. The fourth-order valence-corrected chi connectivity index (χ4v) is 3.85. The predicted molar refractivity (Wildman–Crippen MR) is 135 cm³/mol. The summed E-state index contributed by atoms with van der Waals surface area (Å²) < 4.78 is 41.2. The molecule has 190 valence electrons. The summed E-state index contributed by atoms with van der Waals surface area (Å²) in [5, 5.41) is 5.24. The van der Waals surface area contributed by atoms with Gasteiger partial charge in [0.05, 0.1) is 21.0 Å². The molecule has 0 aliphatic carbocycles. The number of allylic oxidation sites excluding steroid dienone is 1. The van der Waals surface area contributed by atoms with E-state index in [0.717, 1.165) is 18.2 Å². The number of carbonyl (C=O) groups excluding carboxylic acids is 2. The van der Waals surface area contributed by atoms with Crippen LogP contribution >= 0.6 is 34.8 Å². The van der Waals surface area contributed by atoms with E-state index in [2.05, 4.69) is 10.6 Å². The van der Waals surface area contributed by atoms with Crippen LogP contribution in [0.3, 0.4) is 0 Å². The highest BCUT2D eigenvalue weighted by atomic mass is 35.5. The van der Waals surface area contributed by atoms with Crippen molar-refractivity contribution >= 4 is 52.8 Å². The maximum atomic E-state index is 13.7. The lowest BCUT2D eigenvalue weighted by molar-refractivity contribution is -0.139. The van der Waals surface area contributed by atoms with Crippen LogP contribution in [0.5, 0.6) is 0 Å². The summed E-state index contributed by atoms with van der Waals surface area (Å²) in [6.45, 7) is 4.55. The molecule has 5 nitrogen and oxygen atoms in total. The number of hydrogen-bond acceptors (Lipinski definition) is 2. The zero-order valence-electron chi connectivity index (χ0n) is 19.3. The number of likely N-dealkylation sites (N-methyl/N-ethyl adjacent to an activating group) is 1. The molecule has 3 amide bonds. The molecule has 2 N–H and O–H groups in total. The monoisotopic (exact) mass is 549 g/mol. The van der Waals surface area contributed by atoms with Gasteiger partial charge in [-0.3, -0.25) is 4.79 Å². The van der Waals surface area contributed by atoms with E-state index < -0.39 is 12.1 Å². The summed E-state index contributed by atoms with van der Waals surface area (Å²) in [7, 11) is 1.61. The van der Waals surface area contributed by atoms with Crippen molar-refractivity contribution in [1.29, 1.82) is 0 Å². The smallest absolute Gasteiger partial charge is 0.350 e. The Bertz CT molecular complexity index is 1080. The second-order valence-electron chi connectivity index (χ2n) is 7.76. The van der Waals surface area contributed by atoms with Crippen LogP contribution in [0.2, 0.25) is 15.1 Å². The third kappa shape index (κ3) is 8.05. The molecule has 2 aromatic rings. The maximum Gasteiger partial charge on any atom is 0.399 e. The number of rotatable bonds is 8. The Morgan fingerprint density at radius 2 is 1.71 bits per heavy atom. The number of hydrogen-bond donors (Lipinski definition) is 2. The molecule has 0 fully saturated rings. The number of urea groups is 1. The van der Waals surface area contributed by atoms with Gasteiger partial charge in [-0.1, -0.05) is 59.1 Å². The standard InChI is InChI=1S/C24H25Cl3F3N3O2/c1-4-31-23(35)33(3)10-9-32-22(34)17-7-5-15(11-14(17)2)6-8-18(24(28,29)30)16-12-19(25)21(27)20(26)13-16/h5-8,11-13,18H,4,9-10H2,1-3H3,(H,31,35)(H,32,34)/b8-6+. The van der Waals surface area contributed by atoms with Crippen LogP contribution in [0.15, 0.2) is 36.4 Å². The van der Waals surface area contributed by atoms with Crippen LogP contribution in [0.4, 0.5) is 18.0 Å². The van der Waals surface area contributed by atoms with Gasteiger partial charge in [0.25, 0.3) is 5.91 Å². The number of amides is 3. The van der Waals surface area contributed by atoms with Gasteiger partial charge in [-0.2, -0.15) is 13.2 Å². The number of aryl methyl sites for hydroxylation is 1. The van der Waals surface area contributed by atoms with Gasteiger partial charge in [0.2, 0.25) is 0 Å². The van der Waals surface area contributed by atoms with Crippen LogP contribution in [0.1, 0.15) is 39.9 Å². The Kier molecular flexibility index (Phi) is 10.3. The second-order valence-corrected chi connectivity index (χ2v) is 8.96. The number of halogens is 6. The minimum Gasteiger partial charge on any atom is -0.350 e. The van der Waals surface area contributed by atoms with E-state index >= 15 is 0 Å². The quantitative estimate of drug-likeness (QED) is 0.359. The first-order chi connectivity index (χ1) is 16.3. The Hall–Kier alpha value is -2.42. The molecule has 0 heterocycles. The zero-order chi connectivity index (χ0) is 26.3. The average molecular weight is 551 g/mol. The molecule has 2 aromatic carbocycles. The number of benzene rings is 2. The summed E-state index contributed by atoms with van der Waals surface area (Å²) >= 11 is 17.7. The summed E-state index contributed by atoms with van der Waals surface area (Å²) in [5.74, 6) is -2.30. The largest absolute Gasteiger partial charge is 0.399 e. The third-order valence-electron chi connectivity index (χ3n) is 5.10. The summed E-state index contributed by atoms with van der Waals surface area (Å²) in [6, 6.07) is 6.74. The predicted octanol–water partition coefficient (Wildman–Crippen LogP) is 6.71. The number of nitrogens with zero attached hydrogens (tertiary/aromatic N) is 1.